The van der Waals surface area contributed by atoms with Gasteiger partial charge in [0.15, 0.2) is 5.96 Å². The number of carbonyl (C=O) groups is 1. The van der Waals surface area contributed by atoms with Gasteiger partial charge >= 0.3 is 0 Å². The number of nitrogens with one attached hydrogen (secondary N) is 2. The summed E-state index contributed by atoms with van der Waals surface area (Å²) < 4.78 is 12.9. The van der Waals surface area contributed by atoms with Crippen molar-refractivity contribution in [1.82, 2.24) is 10.6 Å². The van der Waals surface area contributed by atoms with Crippen LogP contribution in [0.5, 0.6) is 0 Å². The maximum Gasteiger partial charge on any atom is 0.222 e. The fourth-order valence-electron chi connectivity index (χ4n) is 2.20. The van der Waals surface area contributed by atoms with Crippen molar-refractivity contribution in [2.24, 2.45) is 16.6 Å². The number of halogens is 2. The molecule has 1 unspecified atom stereocenters. The first-order valence-electron chi connectivity index (χ1n) is 8.05. The molecule has 0 fully saturated rings. The van der Waals surface area contributed by atoms with Crippen molar-refractivity contribution >= 4 is 35.8 Å². The highest BCUT2D eigenvalue weighted by atomic mass is 127. The second-order valence-corrected chi connectivity index (χ2v) is 5.52. The lowest BCUT2D eigenvalue weighted by Crippen LogP contribution is -2.43. The quantitative estimate of drug-likeness (QED) is 0.234. The van der Waals surface area contributed by atoms with E-state index in [1.807, 2.05) is 0 Å². The summed E-state index contributed by atoms with van der Waals surface area (Å²) in [5.41, 5.74) is 6.35. The van der Waals surface area contributed by atoms with Gasteiger partial charge in [-0.1, -0.05) is 31.9 Å². The van der Waals surface area contributed by atoms with Crippen LogP contribution in [0.25, 0.3) is 0 Å². The molecule has 0 saturated heterocycles. The number of nitrogens with zero attached hydrogens (tertiary/aromatic N) is 1. The Morgan fingerprint density at radius 1 is 1.25 bits per heavy atom. The first-order chi connectivity index (χ1) is 11.1. The molecule has 0 bridgehead atoms. The minimum absolute atomic E-state index is 0. The molecule has 0 spiro atoms. The van der Waals surface area contributed by atoms with Gasteiger partial charge in [0.1, 0.15) is 5.82 Å². The molecule has 0 aromatic heterocycles. The Morgan fingerprint density at radius 3 is 2.46 bits per heavy atom. The van der Waals surface area contributed by atoms with E-state index < -0.39 is 0 Å². The van der Waals surface area contributed by atoms with Gasteiger partial charge in [-0.15, -0.1) is 24.0 Å². The summed E-state index contributed by atoms with van der Waals surface area (Å²) in [6.45, 7) is 3.38. The van der Waals surface area contributed by atoms with Crippen molar-refractivity contribution in [2.45, 2.75) is 32.6 Å². The third-order valence-corrected chi connectivity index (χ3v) is 3.61. The van der Waals surface area contributed by atoms with Crippen LogP contribution in [0.4, 0.5) is 4.39 Å². The average molecular weight is 450 g/mol. The van der Waals surface area contributed by atoms with Gasteiger partial charge in [0, 0.05) is 20.1 Å². The Labute approximate surface area is 160 Å². The topological polar surface area (TPSA) is 79.5 Å². The van der Waals surface area contributed by atoms with E-state index >= 15 is 0 Å². The Balaban J connectivity index is 0.00000529. The van der Waals surface area contributed by atoms with Crippen molar-refractivity contribution in [3.8, 4) is 0 Å². The van der Waals surface area contributed by atoms with Crippen LogP contribution < -0.4 is 16.4 Å². The zero-order chi connectivity index (χ0) is 17.1. The lowest BCUT2D eigenvalue weighted by molar-refractivity contribution is -0.121. The number of nitrogens with two attached hydrogens (primary N) is 1. The summed E-state index contributed by atoms with van der Waals surface area (Å²) in [6, 6.07) is 6.11. The number of amides is 1. The molecule has 24 heavy (non-hydrogen) atoms. The van der Waals surface area contributed by atoms with E-state index in [1.54, 1.807) is 19.2 Å². The molecule has 1 amide bonds. The molecule has 0 aliphatic carbocycles. The Kier molecular flexibility index (Phi) is 12.2. The normalized spacial score (nSPS) is 12.2. The van der Waals surface area contributed by atoms with E-state index in [1.165, 1.54) is 18.6 Å². The molecule has 7 heteroatoms. The predicted octanol–water partition coefficient (Wildman–Crippen LogP) is 2.44. The number of hydrogen-bond acceptors (Lipinski definition) is 2. The van der Waals surface area contributed by atoms with Gasteiger partial charge in [-0.2, -0.15) is 0 Å². The van der Waals surface area contributed by atoms with Crippen molar-refractivity contribution in [3.63, 3.8) is 0 Å². The van der Waals surface area contributed by atoms with Gasteiger partial charge in [-0.05, 0) is 30.5 Å². The smallest absolute Gasteiger partial charge is 0.222 e. The Bertz CT molecular complexity index is 508. The van der Waals surface area contributed by atoms with Crippen molar-refractivity contribution in [3.05, 3.63) is 35.6 Å². The van der Waals surface area contributed by atoms with Gasteiger partial charge in [-0.25, -0.2) is 4.39 Å². The second kappa shape index (κ2) is 13.0. The van der Waals surface area contributed by atoms with Crippen LogP contribution >= 0.6 is 24.0 Å². The highest BCUT2D eigenvalue weighted by molar-refractivity contribution is 14.0. The number of aliphatic imine (C=N–C) groups is 1. The molecular formula is C17H28FIN4O. The third kappa shape index (κ3) is 9.05. The summed E-state index contributed by atoms with van der Waals surface area (Å²) >= 11 is 0. The van der Waals surface area contributed by atoms with Crippen molar-refractivity contribution in [2.75, 3.05) is 20.1 Å². The monoisotopic (exact) mass is 450 g/mol. The van der Waals surface area contributed by atoms with Crippen LogP contribution in [0.3, 0.4) is 0 Å². The zero-order valence-electron chi connectivity index (χ0n) is 14.3. The molecule has 5 nitrogen and oxygen atoms in total. The highest BCUT2D eigenvalue weighted by Crippen LogP contribution is 2.09. The van der Waals surface area contributed by atoms with Gasteiger partial charge in [-0.3, -0.25) is 9.79 Å². The molecule has 0 saturated carbocycles. The van der Waals surface area contributed by atoms with Crippen LogP contribution in [0.2, 0.25) is 0 Å². The summed E-state index contributed by atoms with van der Waals surface area (Å²) in [7, 11) is 1.69. The largest absolute Gasteiger partial charge is 0.369 e. The van der Waals surface area contributed by atoms with E-state index in [2.05, 4.69) is 22.5 Å². The maximum absolute atomic E-state index is 12.9. The van der Waals surface area contributed by atoms with E-state index in [4.69, 9.17) is 5.73 Å². The van der Waals surface area contributed by atoms with Gasteiger partial charge in [0.2, 0.25) is 5.91 Å². The number of benzene rings is 1. The van der Waals surface area contributed by atoms with Crippen molar-refractivity contribution in [1.29, 1.82) is 0 Å². The van der Waals surface area contributed by atoms with E-state index in [0.717, 1.165) is 24.9 Å². The molecule has 0 aliphatic heterocycles. The standard InChI is InChI=1S/C17H27FN4O.HI/c1-3-4-5-10-21-17(20-2)22-12-14(16(19)23)11-13-6-8-15(18)9-7-13;/h6-9,14H,3-5,10-12H2,1-2H3,(H2,19,23)(H2,20,21,22);1H. The Morgan fingerprint density at radius 2 is 1.92 bits per heavy atom. The van der Waals surface area contributed by atoms with Gasteiger partial charge < -0.3 is 16.4 Å². The number of carbonyl (C=O) groups excluding carboxylic acids is 1. The third-order valence-electron chi connectivity index (χ3n) is 3.61. The molecular weight excluding hydrogens is 422 g/mol. The molecule has 1 atom stereocenters. The molecule has 1 rings (SSSR count). The number of unbranched alkanes of at least 4 members (excludes halogenated alkanes) is 2. The molecule has 0 radical (unpaired) electrons. The van der Waals surface area contributed by atoms with Crippen LogP contribution in [0, 0.1) is 11.7 Å². The molecule has 136 valence electrons. The van der Waals surface area contributed by atoms with Crippen LogP contribution in [-0.4, -0.2) is 32.0 Å². The average Bonchev–Trinajstić information content (AvgIpc) is 2.54. The lowest BCUT2D eigenvalue weighted by atomic mass is 9.98. The summed E-state index contributed by atoms with van der Waals surface area (Å²) in [4.78, 5) is 15.7. The van der Waals surface area contributed by atoms with E-state index in [-0.39, 0.29) is 41.6 Å². The summed E-state index contributed by atoms with van der Waals surface area (Å²) in [6.07, 6.45) is 3.87. The van der Waals surface area contributed by atoms with Gasteiger partial charge in [0.25, 0.3) is 0 Å². The van der Waals surface area contributed by atoms with Crippen LogP contribution in [0.1, 0.15) is 31.7 Å². The fourth-order valence-corrected chi connectivity index (χ4v) is 2.20. The number of guanidine groups is 1. The van der Waals surface area contributed by atoms with Crippen LogP contribution in [0.15, 0.2) is 29.3 Å². The number of primary amides is 1. The maximum atomic E-state index is 12.9. The summed E-state index contributed by atoms with van der Waals surface area (Å²) in [5.74, 6) is -0.399. The summed E-state index contributed by atoms with van der Waals surface area (Å²) in [5, 5.41) is 6.33. The first-order valence-corrected chi connectivity index (χ1v) is 8.05. The van der Waals surface area contributed by atoms with E-state index in [0.29, 0.717) is 18.9 Å². The molecule has 4 N–H and O–H groups in total. The van der Waals surface area contributed by atoms with E-state index in [9.17, 15) is 9.18 Å². The highest BCUT2D eigenvalue weighted by Gasteiger charge is 2.16. The predicted molar refractivity (Wildman–Crippen MR) is 107 cm³/mol. The molecule has 1 aromatic rings. The lowest BCUT2D eigenvalue weighted by Gasteiger charge is -2.17. The molecule has 0 heterocycles. The first kappa shape index (κ1) is 22.6. The minimum atomic E-state index is -0.386. The minimum Gasteiger partial charge on any atom is -0.369 e. The molecule has 0 aliphatic rings. The molecule has 1 aromatic carbocycles. The van der Waals surface area contributed by atoms with Gasteiger partial charge in [0.05, 0.1) is 5.92 Å². The number of hydrogen-bond donors (Lipinski definition) is 3. The number of rotatable bonds is 9. The second-order valence-electron chi connectivity index (χ2n) is 5.52. The zero-order valence-corrected chi connectivity index (χ0v) is 16.7. The fraction of sp³-hybridized carbons (Fsp3) is 0.529. The van der Waals surface area contributed by atoms with Crippen LogP contribution in [-0.2, 0) is 11.2 Å². The SMILES string of the molecule is CCCCCNC(=NC)NCC(Cc1ccc(F)cc1)C(N)=O.I. The Hall–Kier alpha value is -1.38. The van der Waals surface area contributed by atoms with Crippen molar-refractivity contribution < 1.29 is 9.18 Å².